The molecule has 1 atom stereocenters. The number of aromatic nitrogens is 2. The maximum atomic E-state index is 12.9. The molecule has 0 radical (unpaired) electrons. The molecule has 3 aromatic rings. The summed E-state index contributed by atoms with van der Waals surface area (Å²) in [6.07, 6.45) is 0.977. The van der Waals surface area contributed by atoms with Crippen molar-refractivity contribution in [2.75, 3.05) is 0 Å². The topological polar surface area (TPSA) is 87.2 Å². The van der Waals surface area contributed by atoms with E-state index in [1.807, 2.05) is 36.4 Å². The Hall–Kier alpha value is -3.41. The van der Waals surface area contributed by atoms with Gasteiger partial charge >= 0.3 is 5.97 Å². The minimum atomic E-state index is -1.15. The molecule has 1 unspecified atom stereocenters. The van der Waals surface area contributed by atoms with Crippen molar-refractivity contribution >= 4 is 11.9 Å². The minimum Gasteiger partial charge on any atom is -0.443 e. The van der Waals surface area contributed by atoms with Crippen LogP contribution in [0.4, 0.5) is 0 Å². The van der Waals surface area contributed by atoms with Crippen LogP contribution in [0.1, 0.15) is 46.6 Å². The zero-order valence-electron chi connectivity index (χ0n) is 14.6. The number of para-hydroxylation sites is 1. The summed E-state index contributed by atoms with van der Waals surface area (Å²) in [7, 11) is 0. The van der Waals surface area contributed by atoms with Crippen molar-refractivity contribution in [2.24, 2.45) is 5.73 Å². The van der Waals surface area contributed by atoms with E-state index in [-0.39, 0.29) is 5.69 Å². The fourth-order valence-corrected chi connectivity index (χ4v) is 2.98. The Balaban J connectivity index is 1.67. The highest BCUT2D eigenvalue weighted by Gasteiger charge is 2.31. The Morgan fingerprint density at radius 3 is 2.26 bits per heavy atom. The van der Waals surface area contributed by atoms with E-state index in [2.05, 4.69) is 5.10 Å². The van der Waals surface area contributed by atoms with E-state index < -0.39 is 18.0 Å². The lowest BCUT2D eigenvalue weighted by Crippen LogP contribution is -2.27. The van der Waals surface area contributed by atoms with Crippen LogP contribution in [-0.4, -0.2) is 21.7 Å². The highest BCUT2D eigenvalue weighted by Crippen LogP contribution is 2.40. The molecule has 1 aliphatic carbocycles. The number of primary amides is 1. The van der Waals surface area contributed by atoms with E-state index >= 15 is 0 Å². The maximum Gasteiger partial charge on any atom is 0.358 e. The Morgan fingerprint density at radius 2 is 1.67 bits per heavy atom. The lowest BCUT2D eigenvalue weighted by Gasteiger charge is -2.15. The fourth-order valence-electron chi connectivity index (χ4n) is 2.98. The average molecular weight is 361 g/mol. The third kappa shape index (κ3) is 3.60. The quantitative estimate of drug-likeness (QED) is 0.683. The minimum absolute atomic E-state index is 0.283. The van der Waals surface area contributed by atoms with Gasteiger partial charge in [-0.25, -0.2) is 9.48 Å². The fraction of sp³-hybridized carbons (Fsp3) is 0.190. The summed E-state index contributed by atoms with van der Waals surface area (Å²) in [4.78, 5) is 24.8. The van der Waals surface area contributed by atoms with Gasteiger partial charge in [0.25, 0.3) is 5.91 Å². The molecule has 1 amide bonds. The lowest BCUT2D eigenvalue weighted by atomic mass is 10.1. The second-order valence-corrected chi connectivity index (χ2v) is 6.57. The van der Waals surface area contributed by atoms with Crippen LogP contribution in [0.2, 0.25) is 0 Å². The number of esters is 1. The molecule has 2 aromatic carbocycles. The molecule has 0 saturated heterocycles. The van der Waals surface area contributed by atoms with Gasteiger partial charge in [0.1, 0.15) is 0 Å². The number of hydrogen-bond donors (Lipinski definition) is 1. The largest absolute Gasteiger partial charge is 0.443 e. The molecule has 1 aliphatic rings. The molecule has 136 valence electrons. The van der Waals surface area contributed by atoms with E-state index in [0.717, 1.165) is 24.2 Å². The van der Waals surface area contributed by atoms with E-state index in [1.165, 1.54) is 0 Å². The van der Waals surface area contributed by atoms with E-state index in [9.17, 15) is 9.59 Å². The molecule has 0 bridgehead atoms. The zero-order chi connectivity index (χ0) is 18.8. The normalized spacial score (nSPS) is 14.5. The van der Waals surface area contributed by atoms with Crippen molar-refractivity contribution in [3.8, 4) is 5.69 Å². The molecule has 1 fully saturated rings. The standard InChI is InChI=1S/C21H19N3O3/c22-20(25)19(15-7-3-1-4-8-15)27-21(26)18-13-17(14-11-12-14)23-24(18)16-9-5-2-6-10-16/h1-10,13-14,19H,11-12H2,(H2,22,25). The average Bonchev–Trinajstić information content (AvgIpc) is 3.45. The number of ether oxygens (including phenoxy) is 1. The molecular weight excluding hydrogens is 342 g/mol. The summed E-state index contributed by atoms with van der Waals surface area (Å²) in [6, 6.07) is 19.9. The first-order valence-corrected chi connectivity index (χ1v) is 8.84. The van der Waals surface area contributed by atoms with Gasteiger partial charge < -0.3 is 10.5 Å². The molecular formula is C21H19N3O3. The third-order valence-corrected chi connectivity index (χ3v) is 4.52. The monoisotopic (exact) mass is 361 g/mol. The number of carbonyl (C=O) groups is 2. The lowest BCUT2D eigenvalue weighted by molar-refractivity contribution is -0.127. The van der Waals surface area contributed by atoms with E-state index in [1.54, 1.807) is 35.0 Å². The highest BCUT2D eigenvalue weighted by atomic mass is 16.5. The van der Waals surface area contributed by atoms with Crippen molar-refractivity contribution in [1.29, 1.82) is 0 Å². The van der Waals surface area contributed by atoms with Crippen LogP contribution in [0.3, 0.4) is 0 Å². The number of nitrogens with zero attached hydrogens (tertiary/aromatic N) is 2. The molecule has 6 nitrogen and oxygen atoms in total. The van der Waals surface area contributed by atoms with E-state index in [4.69, 9.17) is 10.5 Å². The van der Waals surface area contributed by atoms with Gasteiger partial charge in [0, 0.05) is 11.5 Å². The first-order chi connectivity index (χ1) is 13.1. The van der Waals surface area contributed by atoms with Gasteiger partial charge in [0.2, 0.25) is 6.10 Å². The predicted octanol–water partition coefficient (Wildman–Crippen LogP) is 3.13. The van der Waals surface area contributed by atoms with Crippen molar-refractivity contribution < 1.29 is 14.3 Å². The summed E-state index contributed by atoms with van der Waals surface area (Å²) in [5.74, 6) is -0.976. The highest BCUT2D eigenvalue weighted by molar-refractivity contribution is 5.91. The Labute approximate surface area is 156 Å². The van der Waals surface area contributed by atoms with Crippen LogP contribution in [0.25, 0.3) is 5.69 Å². The van der Waals surface area contributed by atoms with Crippen LogP contribution >= 0.6 is 0 Å². The van der Waals surface area contributed by atoms with Crippen LogP contribution in [-0.2, 0) is 9.53 Å². The maximum absolute atomic E-state index is 12.9. The van der Waals surface area contributed by atoms with E-state index in [0.29, 0.717) is 11.5 Å². The second-order valence-electron chi connectivity index (χ2n) is 6.57. The summed E-state index contributed by atoms with van der Waals surface area (Å²) in [5.41, 5.74) is 7.90. The number of nitrogens with two attached hydrogens (primary N) is 1. The number of amides is 1. The van der Waals surface area contributed by atoms with Gasteiger partial charge in [-0.15, -0.1) is 0 Å². The third-order valence-electron chi connectivity index (χ3n) is 4.52. The van der Waals surface area contributed by atoms with Crippen LogP contribution in [0.5, 0.6) is 0 Å². The molecule has 0 aliphatic heterocycles. The number of rotatable bonds is 6. The predicted molar refractivity (Wildman–Crippen MR) is 99.3 cm³/mol. The van der Waals surface area contributed by atoms with Crippen molar-refractivity contribution in [1.82, 2.24) is 9.78 Å². The summed E-state index contributed by atoms with van der Waals surface area (Å²) < 4.78 is 7.05. The van der Waals surface area contributed by atoms with Gasteiger partial charge in [0.05, 0.1) is 11.4 Å². The molecule has 0 spiro atoms. The number of hydrogen-bond acceptors (Lipinski definition) is 4. The first-order valence-electron chi connectivity index (χ1n) is 8.84. The Kier molecular flexibility index (Phi) is 4.46. The van der Waals surface area contributed by atoms with Gasteiger partial charge in [0.15, 0.2) is 5.69 Å². The SMILES string of the molecule is NC(=O)C(OC(=O)c1cc(C2CC2)nn1-c1ccccc1)c1ccccc1. The van der Waals surface area contributed by atoms with Gasteiger partial charge in [-0.2, -0.15) is 5.10 Å². The molecule has 2 N–H and O–H groups in total. The van der Waals surface area contributed by atoms with Crippen LogP contribution < -0.4 is 5.73 Å². The Bertz CT molecular complexity index is 963. The molecule has 1 heterocycles. The summed E-state index contributed by atoms with van der Waals surface area (Å²) >= 11 is 0. The second kappa shape index (κ2) is 7.07. The molecule has 4 rings (SSSR count). The smallest absolute Gasteiger partial charge is 0.358 e. The van der Waals surface area contributed by atoms with Crippen LogP contribution in [0.15, 0.2) is 66.7 Å². The first kappa shape index (κ1) is 17.0. The van der Waals surface area contributed by atoms with Crippen LogP contribution in [0, 0.1) is 0 Å². The number of carbonyl (C=O) groups excluding carboxylic acids is 2. The van der Waals surface area contributed by atoms with Gasteiger partial charge in [-0.05, 0) is 31.0 Å². The summed E-state index contributed by atoms with van der Waals surface area (Å²) in [6.45, 7) is 0. The molecule has 27 heavy (non-hydrogen) atoms. The molecule has 1 saturated carbocycles. The summed E-state index contributed by atoms with van der Waals surface area (Å²) in [5, 5.41) is 4.59. The Morgan fingerprint density at radius 1 is 1.04 bits per heavy atom. The van der Waals surface area contributed by atoms with Gasteiger partial charge in [-0.1, -0.05) is 48.5 Å². The van der Waals surface area contributed by atoms with Crippen molar-refractivity contribution in [3.63, 3.8) is 0 Å². The molecule has 6 heteroatoms. The molecule has 1 aromatic heterocycles. The van der Waals surface area contributed by atoms with Gasteiger partial charge in [-0.3, -0.25) is 4.79 Å². The van der Waals surface area contributed by atoms with Crippen molar-refractivity contribution in [3.05, 3.63) is 83.7 Å². The number of benzene rings is 2. The zero-order valence-corrected chi connectivity index (χ0v) is 14.6. The van der Waals surface area contributed by atoms with Crippen molar-refractivity contribution in [2.45, 2.75) is 24.9 Å².